The van der Waals surface area contributed by atoms with Crippen LogP contribution in [0.15, 0.2) is 0 Å². The van der Waals surface area contributed by atoms with Crippen molar-refractivity contribution in [2.75, 3.05) is 0 Å². The molecule has 1 fully saturated rings. The lowest BCUT2D eigenvalue weighted by Crippen LogP contribution is -2.69. The minimum Gasteiger partial charge on any atom is -0.475 e. The van der Waals surface area contributed by atoms with Gasteiger partial charge < -0.3 is 25.3 Å². The van der Waals surface area contributed by atoms with Crippen molar-refractivity contribution in [3.8, 4) is 0 Å². The van der Waals surface area contributed by atoms with Gasteiger partial charge in [-0.05, 0) is 25.2 Å². The Hall–Kier alpha value is -0.352. The largest absolute Gasteiger partial charge is 0.546 e. The fraction of sp³-hybridized carbons (Fsp3) is 0.833. The summed E-state index contributed by atoms with van der Waals surface area (Å²) in [5.41, 5.74) is 0. The Morgan fingerprint density at radius 2 is 0.958 bits per heavy atom. The third-order valence-corrected chi connectivity index (χ3v) is 20.3. The average molecular weight is 413 g/mol. The van der Waals surface area contributed by atoms with Gasteiger partial charge in [0.1, 0.15) is 0 Å². The van der Waals surface area contributed by atoms with Crippen LogP contribution in [0.25, 0.3) is 0 Å². The molecule has 1 heterocycles. The molecule has 1 aliphatic heterocycles. The second-order valence-corrected chi connectivity index (χ2v) is 19.4. The topological polar surface area (TPSA) is 89.5 Å². The van der Waals surface area contributed by atoms with Gasteiger partial charge in [0.15, 0.2) is 0 Å². The van der Waals surface area contributed by atoms with Gasteiger partial charge in [-0.3, -0.25) is 9.59 Å². The van der Waals surface area contributed by atoms with Crippen molar-refractivity contribution in [2.45, 2.75) is 66.0 Å². The Bertz CT molecular complexity index is 443. The van der Waals surface area contributed by atoms with Gasteiger partial charge in [0.05, 0.1) is 0 Å². The molecule has 0 unspecified atom stereocenters. The van der Waals surface area contributed by atoms with Gasteiger partial charge >= 0.3 is 34.7 Å². The summed E-state index contributed by atoms with van der Waals surface area (Å²) in [6.07, 6.45) is 0. The van der Waals surface area contributed by atoms with Gasteiger partial charge in [0.25, 0.3) is 11.9 Å². The smallest absolute Gasteiger partial charge is 0.475 e. The van der Waals surface area contributed by atoms with Crippen molar-refractivity contribution in [1.29, 1.82) is 0 Å². The van der Waals surface area contributed by atoms with Crippen LogP contribution in [0.3, 0.4) is 0 Å². The maximum Gasteiger partial charge on any atom is 0.546 e. The molecule has 0 aromatic carbocycles. The first-order valence-electron chi connectivity index (χ1n) is 7.98. The summed E-state index contributed by atoms with van der Waals surface area (Å²) in [6.45, 7) is 13.5. The van der Waals surface area contributed by atoms with Gasteiger partial charge in [0, 0.05) is 26.9 Å². The highest BCUT2D eigenvalue weighted by Gasteiger charge is 2.61. The van der Waals surface area contributed by atoms with Crippen molar-refractivity contribution in [2.24, 2.45) is 0 Å². The Morgan fingerprint density at radius 1 is 0.708 bits per heavy atom. The molecule has 0 radical (unpaired) electrons. The normalized spacial score (nSPS) is 40.3. The first-order valence-corrected chi connectivity index (χ1v) is 17.5. The number of carbonyl (C=O) groups excluding carboxylic acids is 2. The maximum absolute atomic E-state index is 11.5. The zero-order valence-electron chi connectivity index (χ0n) is 15.7. The third-order valence-electron chi connectivity index (χ3n) is 3.55. The molecule has 0 bridgehead atoms. The summed E-state index contributed by atoms with van der Waals surface area (Å²) >= 11 is 0. The summed E-state index contributed by atoms with van der Waals surface area (Å²) in [7, 11) is -12.2. The number of carbonyl (C=O) groups is 2. The molecular formula is C12H28O8Si4. The first kappa shape index (κ1) is 21.7. The van der Waals surface area contributed by atoms with E-state index in [-0.39, 0.29) is 0 Å². The lowest BCUT2D eigenvalue weighted by Gasteiger charge is -2.46. The van der Waals surface area contributed by atoms with E-state index in [4.69, 9.17) is 25.3 Å². The van der Waals surface area contributed by atoms with Crippen LogP contribution in [0.2, 0.25) is 38.3 Å². The molecule has 0 saturated carbocycles. The Morgan fingerprint density at radius 3 is 1.12 bits per heavy atom. The monoisotopic (exact) mass is 412 g/mol. The molecule has 0 N–H and O–H groups in total. The Kier molecular flexibility index (Phi) is 6.77. The van der Waals surface area contributed by atoms with E-state index in [0.717, 1.165) is 0 Å². The number of rotatable bonds is 4. The molecule has 1 aliphatic rings. The van der Waals surface area contributed by atoms with E-state index in [1.54, 1.807) is 13.1 Å². The molecular weight excluding hydrogens is 384 g/mol. The fourth-order valence-electron chi connectivity index (χ4n) is 2.55. The Balaban J connectivity index is 3.30. The van der Waals surface area contributed by atoms with Crippen LogP contribution in [0.4, 0.5) is 0 Å². The molecule has 0 aliphatic carbocycles. The highest BCUT2D eigenvalue weighted by Crippen LogP contribution is 2.34. The summed E-state index contributed by atoms with van der Waals surface area (Å²) in [5, 5.41) is 0. The Labute approximate surface area is 148 Å². The standard InChI is InChI=1S/C12H28O8Si4/c1-9-21(5)17-23(7,15-11(3)13)19-22(6,10-2)20-24(8,18-21)16-12(4)14/h9-10H2,1-8H3. The van der Waals surface area contributed by atoms with Crippen LogP contribution in [-0.4, -0.2) is 46.7 Å². The summed E-state index contributed by atoms with van der Waals surface area (Å²) < 4.78 is 35.6. The van der Waals surface area contributed by atoms with Crippen LogP contribution in [0.1, 0.15) is 27.7 Å². The van der Waals surface area contributed by atoms with Crippen molar-refractivity contribution < 1.29 is 34.9 Å². The van der Waals surface area contributed by atoms with E-state index in [2.05, 4.69) is 0 Å². The van der Waals surface area contributed by atoms with Crippen LogP contribution < -0.4 is 0 Å². The minimum absolute atomic E-state index is 0.468. The van der Waals surface area contributed by atoms with E-state index in [1.807, 2.05) is 26.9 Å². The third kappa shape index (κ3) is 5.87. The van der Waals surface area contributed by atoms with E-state index < -0.39 is 46.7 Å². The van der Waals surface area contributed by atoms with Crippen molar-refractivity contribution in [1.82, 2.24) is 0 Å². The molecule has 140 valence electrons. The molecule has 1 rings (SSSR count). The van der Waals surface area contributed by atoms with Gasteiger partial charge in [-0.25, -0.2) is 0 Å². The zero-order chi connectivity index (χ0) is 18.8. The van der Waals surface area contributed by atoms with Crippen LogP contribution in [0.5, 0.6) is 0 Å². The predicted octanol–water partition coefficient (Wildman–Crippen LogP) is 2.51. The van der Waals surface area contributed by atoms with Crippen LogP contribution in [-0.2, 0) is 34.9 Å². The van der Waals surface area contributed by atoms with E-state index in [1.165, 1.54) is 13.8 Å². The number of hydrogen-bond acceptors (Lipinski definition) is 8. The molecule has 0 amide bonds. The molecule has 1 saturated heterocycles. The zero-order valence-corrected chi connectivity index (χ0v) is 19.7. The molecule has 0 aromatic rings. The van der Waals surface area contributed by atoms with Gasteiger partial charge in [0.2, 0.25) is 0 Å². The molecule has 24 heavy (non-hydrogen) atoms. The molecule has 12 heteroatoms. The quantitative estimate of drug-likeness (QED) is 0.651. The highest BCUT2D eigenvalue weighted by atomic mass is 28.5. The predicted molar refractivity (Wildman–Crippen MR) is 95.3 cm³/mol. The van der Waals surface area contributed by atoms with Crippen molar-refractivity contribution in [3.63, 3.8) is 0 Å². The lowest BCUT2D eigenvalue weighted by molar-refractivity contribution is -0.135. The summed E-state index contributed by atoms with van der Waals surface area (Å²) in [5.74, 6) is -0.936. The summed E-state index contributed by atoms with van der Waals surface area (Å²) in [6, 6.07) is 1.13. The summed E-state index contributed by atoms with van der Waals surface area (Å²) in [4.78, 5) is 23.1. The lowest BCUT2D eigenvalue weighted by atomic mass is 10.9. The first-order chi connectivity index (χ1) is 10.8. The van der Waals surface area contributed by atoms with E-state index in [0.29, 0.717) is 12.1 Å². The molecule has 0 spiro atoms. The van der Waals surface area contributed by atoms with Crippen molar-refractivity contribution >= 4 is 46.7 Å². The van der Waals surface area contributed by atoms with Crippen LogP contribution in [0, 0.1) is 0 Å². The second kappa shape index (κ2) is 7.49. The molecule has 0 aromatic heterocycles. The molecule has 0 atom stereocenters. The SMILES string of the molecule is CC[Si]1(C)O[Si](C)(OC(C)=O)O[Si](C)(CC)O[Si](C)(OC(C)=O)O1. The van der Waals surface area contributed by atoms with E-state index >= 15 is 0 Å². The van der Waals surface area contributed by atoms with Crippen LogP contribution >= 0.6 is 0 Å². The van der Waals surface area contributed by atoms with Gasteiger partial charge in [-0.1, -0.05) is 13.8 Å². The maximum atomic E-state index is 11.5. The molecule has 8 nitrogen and oxygen atoms in total. The number of hydrogen-bond donors (Lipinski definition) is 0. The van der Waals surface area contributed by atoms with Gasteiger partial charge in [-0.15, -0.1) is 0 Å². The minimum atomic E-state index is -3.29. The average Bonchev–Trinajstić information content (AvgIpc) is 2.33. The fourth-order valence-corrected chi connectivity index (χ4v) is 21.3. The van der Waals surface area contributed by atoms with Gasteiger partial charge in [-0.2, -0.15) is 0 Å². The van der Waals surface area contributed by atoms with Crippen molar-refractivity contribution in [3.05, 3.63) is 0 Å². The second-order valence-electron chi connectivity index (χ2n) is 6.30. The van der Waals surface area contributed by atoms with E-state index in [9.17, 15) is 9.59 Å². The highest BCUT2D eigenvalue weighted by molar-refractivity contribution is 6.91.